The predicted molar refractivity (Wildman–Crippen MR) is 203 cm³/mol. The summed E-state index contributed by atoms with van der Waals surface area (Å²) in [6, 6.07) is 71.5. The van der Waals surface area contributed by atoms with Crippen molar-refractivity contribution in [3.8, 4) is 0 Å². The van der Waals surface area contributed by atoms with Crippen molar-refractivity contribution in [3.05, 3.63) is 215 Å². The van der Waals surface area contributed by atoms with Gasteiger partial charge in [0.1, 0.15) is 0 Å². The first-order chi connectivity index (χ1) is 23.2. The van der Waals surface area contributed by atoms with E-state index in [1.807, 2.05) is 0 Å². The molecule has 0 aliphatic carbocycles. The molecule has 6 aromatic carbocycles. The van der Waals surface area contributed by atoms with Gasteiger partial charge in [0.25, 0.3) is 10.0 Å². The molecule has 47 heavy (non-hydrogen) atoms. The molecule has 0 radical (unpaired) electrons. The first-order valence-electron chi connectivity index (χ1n) is 16.7. The summed E-state index contributed by atoms with van der Waals surface area (Å²) in [5, 5.41) is 0. The van der Waals surface area contributed by atoms with Crippen LogP contribution in [-0.4, -0.2) is 26.6 Å². The van der Waals surface area contributed by atoms with E-state index < -0.39 is 26.6 Å². The van der Waals surface area contributed by atoms with Gasteiger partial charge in [0.15, 0.2) is 16.6 Å². The number of rotatable bonds is 16. The maximum absolute atomic E-state index is 7.50. The first kappa shape index (κ1) is 32.8. The van der Waals surface area contributed by atoms with E-state index in [9.17, 15) is 0 Å². The van der Waals surface area contributed by atoms with Crippen LogP contribution in [0.1, 0.15) is 33.4 Å². The van der Waals surface area contributed by atoms with Crippen molar-refractivity contribution in [3.63, 3.8) is 0 Å². The second-order valence-electron chi connectivity index (χ2n) is 12.7. The fraction of sp³-hybridized carbons (Fsp3) is 0.143. The second-order valence-corrected chi connectivity index (χ2v) is 22.1. The molecule has 0 aliphatic rings. The number of benzene rings is 6. The maximum atomic E-state index is 7.50. The minimum atomic E-state index is -2.43. The van der Waals surface area contributed by atoms with E-state index in [1.54, 1.807) is 0 Å². The standard InChI is InChI=1S/C42H44O2Si3/c1-7-19-37(20-8-1)31-46(32-38-21-9-2-10-22-38,33-39-23-11-3-12-24-39)43-45-44-47(34-40-25-13-4-14-26-40,35-41-27-15-5-16-28-41)36-42-29-17-6-18-30-42/h1-30H,31-36,45H2. The molecule has 0 aromatic heterocycles. The average Bonchev–Trinajstić information content (AvgIpc) is 3.11. The van der Waals surface area contributed by atoms with Crippen molar-refractivity contribution in [1.29, 1.82) is 0 Å². The van der Waals surface area contributed by atoms with Crippen LogP contribution in [0.15, 0.2) is 182 Å². The normalized spacial score (nSPS) is 11.7. The van der Waals surface area contributed by atoms with Crippen molar-refractivity contribution in [2.45, 2.75) is 36.3 Å². The van der Waals surface area contributed by atoms with E-state index in [0.29, 0.717) is 0 Å². The maximum Gasteiger partial charge on any atom is 0.283 e. The summed E-state index contributed by atoms with van der Waals surface area (Å²) < 4.78 is 15.0. The SMILES string of the molecule is c1ccc(C[Si](Cc2ccccc2)(Cc2ccccc2)O[SiH2]O[Si](Cc2ccccc2)(Cc2ccccc2)Cc2ccccc2)cc1. The van der Waals surface area contributed by atoms with E-state index in [1.165, 1.54) is 33.4 Å². The molecule has 0 heterocycles. The first-order valence-corrected chi connectivity index (χ1v) is 22.9. The zero-order chi connectivity index (χ0) is 32.0. The minimum Gasteiger partial charge on any atom is -0.440 e. The Kier molecular flexibility index (Phi) is 11.6. The fourth-order valence-electron chi connectivity index (χ4n) is 6.77. The lowest BCUT2D eigenvalue weighted by Crippen LogP contribution is -2.53. The van der Waals surface area contributed by atoms with Gasteiger partial charge in [-0.1, -0.05) is 182 Å². The third-order valence-electron chi connectivity index (χ3n) is 8.94. The Labute approximate surface area is 285 Å². The van der Waals surface area contributed by atoms with Gasteiger partial charge >= 0.3 is 0 Å². The highest BCUT2D eigenvalue weighted by molar-refractivity contribution is 6.79. The van der Waals surface area contributed by atoms with Crippen LogP contribution in [0.3, 0.4) is 0 Å². The van der Waals surface area contributed by atoms with E-state index in [2.05, 4.69) is 182 Å². The molecular weight excluding hydrogens is 621 g/mol. The smallest absolute Gasteiger partial charge is 0.283 e. The van der Waals surface area contributed by atoms with Crippen LogP contribution in [0.5, 0.6) is 0 Å². The van der Waals surface area contributed by atoms with Gasteiger partial charge in [0, 0.05) is 0 Å². The fourth-order valence-corrected chi connectivity index (χ4v) is 18.6. The largest absolute Gasteiger partial charge is 0.440 e. The van der Waals surface area contributed by atoms with Gasteiger partial charge < -0.3 is 8.23 Å². The van der Waals surface area contributed by atoms with Crippen LogP contribution in [-0.2, 0) is 44.5 Å². The zero-order valence-electron chi connectivity index (χ0n) is 27.1. The summed E-state index contributed by atoms with van der Waals surface area (Å²) in [5.74, 6) is 0. The third-order valence-corrected chi connectivity index (χ3v) is 21.1. The molecule has 236 valence electrons. The summed E-state index contributed by atoms with van der Waals surface area (Å²) in [7, 11) is -6.24. The van der Waals surface area contributed by atoms with Crippen molar-refractivity contribution in [2.75, 3.05) is 0 Å². The van der Waals surface area contributed by atoms with Gasteiger partial charge in [-0.05, 0) is 69.6 Å². The summed E-state index contributed by atoms with van der Waals surface area (Å²) in [6.07, 6.45) is 0. The molecule has 0 aliphatic heterocycles. The molecule has 6 rings (SSSR count). The van der Waals surface area contributed by atoms with Crippen molar-refractivity contribution in [2.24, 2.45) is 0 Å². The second kappa shape index (κ2) is 16.6. The molecule has 0 spiro atoms. The lowest BCUT2D eigenvalue weighted by molar-refractivity contribution is 0.428. The zero-order valence-corrected chi connectivity index (χ0v) is 30.5. The van der Waals surface area contributed by atoms with E-state index in [-0.39, 0.29) is 0 Å². The molecule has 0 atom stereocenters. The van der Waals surface area contributed by atoms with Crippen LogP contribution < -0.4 is 0 Å². The highest BCUT2D eigenvalue weighted by Crippen LogP contribution is 2.27. The van der Waals surface area contributed by atoms with Crippen molar-refractivity contribution < 1.29 is 8.23 Å². The lowest BCUT2D eigenvalue weighted by atomic mass is 10.2. The van der Waals surface area contributed by atoms with Crippen LogP contribution in [0, 0.1) is 0 Å². The lowest BCUT2D eigenvalue weighted by Gasteiger charge is -2.37. The molecule has 0 fully saturated rings. The Hall–Kier alpha value is -4.11. The highest BCUT2D eigenvalue weighted by atomic mass is 28.4. The molecule has 0 unspecified atom stereocenters. The van der Waals surface area contributed by atoms with Crippen LogP contribution in [0.4, 0.5) is 0 Å². The molecule has 6 aromatic rings. The van der Waals surface area contributed by atoms with Gasteiger partial charge in [0.2, 0.25) is 0 Å². The molecule has 0 bridgehead atoms. The van der Waals surface area contributed by atoms with Gasteiger partial charge in [0.05, 0.1) is 0 Å². The molecule has 0 saturated heterocycles. The van der Waals surface area contributed by atoms with Crippen molar-refractivity contribution in [1.82, 2.24) is 0 Å². The number of hydrogen-bond acceptors (Lipinski definition) is 2. The third kappa shape index (κ3) is 9.94. The topological polar surface area (TPSA) is 18.5 Å². The minimum absolute atomic E-state index is 0.957. The predicted octanol–water partition coefficient (Wildman–Crippen LogP) is 8.60. The molecule has 0 N–H and O–H groups in total. The van der Waals surface area contributed by atoms with E-state index in [0.717, 1.165) is 36.3 Å². The molecule has 5 heteroatoms. The number of hydrogen-bond donors (Lipinski definition) is 0. The Balaban J connectivity index is 1.37. The molecular formula is C42H44O2Si3. The quantitative estimate of drug-likeness (QED) is 0.0966. The molecule has 0 amide bonds. The van der Waals surface area contributed by atoms with Gasteiger partial charge in [-0.3, -0.25) is 0 Å². The summed E-state index contributed by atoms with van der Waals surface area (Å²) in [6.45, 7) is 0. The van der Waals surface area contributed by atoms with Crippen LogP contribution >= 0.6 is 0 Å². The summed E-state index contributed by atoms with van der Waals surface area (Å²) in [4.78, 5) is 0. The van der Waals surface area contributed by atoms with Crippen molar-refractivity contribution >= 4 is 26.6 Å². The Morgan fingerprint density at radius 3 is 0.617 bits per heavy atom. The molecule has 2 nitrogen and oxygen atoms in total. The van der Waals surface area contributed by atoms with E-state index in [4.69, 9.17) is 8.23 Å². The summed E-state index contributed by atoms with van der Waals surface area (Å²) in [5.41, 5.74) is 8.09. The Morgan fingerprint density at radius 2 is 0.447 bits per heavy atom. The monoisotopic (exact) mass is 664 g/mol. The average molecular weight is 665 g/mol. The van der Waals surface area contributed by atoms with E-state index >= 15 is 0 Å². The summed E-state index contributed by atoms with van der Waals surface area (Å²) >= 11 is 0. The van der Waals surface area contributed by atoms with Gasteiger partial charge in [-0.25, -0.2) is 0 Å². The highest BCUT2D eigenvalue weighted by Gasteiger charge is 2.40. The Bertz CT molecular complexity index is 1400. The van der Waals surface area contributed by atoms with Gasteiger partial charge in [-0.2, -0.15) is 0 Å². The van der Waals surface area contributed by atoms with Crippen LogP contribution in [0.25, 0.3) is 0 Å². The van der Waals surface area contributed by atoms with Crippen LogP contribution in [0.2, 0.25) is 0 Å². The Morgan fingerprint density at radius 1 is 0.277 bits per heavy atom. The molecule has 0 saturated carbocycles. The van der Waals surface area contributed by atoms with Gasteiger partial charge in [-0.15, -0.1) is 0 Å².